The summed E-state index contributed by atoms with van der Waals surface area (Å²) < 4.78 is 2.14. The molecule has 0 N–H and O–H groups in total. The SMILES string of the molecule is CC(=O)[C@@H]1C(=O)N([Si](C)(C)C(C)(C)C)[C@H]1C(c1ccccc1)(c1ccccc1)c1ccccc1. The zero-order valence-electron chi connectivity index (χ0n) is 21.1. The molecule has 3 nitrogen and oxygen atoms in total. The Balaban J connectivity index is 2.12. The Morgan fingerprint density at radius 3 is 1.38 bits per heavy atom. The van der Waals surface area contributed by atoms with Gasteiger partial charge >= 0.3 is 0 Å². The van der Waals surface area contributed by atoms with E-state index in [-0.39, 0.29) is 22.8 Å². The Labute approximate surface area is 204 Å². The van der Waals surface area contributed by atoms with E-state index < -0.39 is 19.6 Å². The van der Waals surface area contributed by atoms with Crippen molar-refractivity contribution in [1.29, 1.82) is 0 Å². The van der Waals surface area contributed by atoms with Crippen molar-refractivity contribution in [3.63, 3.8) is 0 Å². The first kappa shape index (κ1) is 24.2. The number of Topliss-reactive ketones (excluding diaryl/α,β-unsaturated/α-hetero) is 1. The van der Waals surface area contributed by atoms with E-state index in [1.165, 1.54) is 0 Å². The molecule has 0 saturated carbocycles. The van der Waals surface area contributed by atoms with E-state index in [2.05, 4.69) is 111 Å². The number of ketones is 1. The summed E-state index contributed by atoms with van der Waals surface area (Å²) >= 11 is 0. The van der Waals surface area contributed by atoms with Crippen LogP contribution in [0.15, 0.2) is 91.0 Å². The van der Waals surface area contributed by atoms with Gasteiger partial charge in [0.15, 0.2) is 8.24 Å². The molecule has 1 heterocycles. The Morgan fingerprint density at radius 2 is 1.09 bits per heavy atom. The van der Waals surface area contributed by atoms with Crippen LogP contribution in [-0.2, 0) is 15.0 Å². The van der Waals surface area contributed by atoms with Crippen LogP contribution in [0.5, 0.6) is 0 Å². The number of hydrogen-bond donors (Lipinski definition) is 0. The summed E-state index contributed by atoms with van der Waals surface area (Å²) in [5.41, 5.74) is 2.61. The second-order valence-electron chi connectivity index (χ2n) is 11.0. The summed E-state index contributed by atoms with van der Waals surface area (Å²) in [6, 6.07) is 30.9. The Kier molecular flexibility index (Phi) is 6.15. The molecule has 0 unspecified atom stereocenters. The fraction of sp³-hybridized carbons (Fsp3) is 0.333. The smallest absolute Gasteiger partial charge is 0.227 e. The van der Waals surface area contributed by atoms with E-state index in [9.17, 15) is 9.59 Å². The van der Waals surface area contributed by atoms with Crippen LogP contribution in [0.3, 0.4) is 0 Å². The average molecular weight is 470 g/mol. The second-order valence-corrected chi connectivity index (χ2v) is 16.1. The van der Waals surface area contributed by atoms with Gasteiger partial charge in [0.1, 0.15) is 11.7 Å². The van der Waals surface area contributed by atoms with E-state index in [1.807, 2.05) is 18.2 Å². The van der Waals surface area contributed by atoms with Gasteiger partial charge in [-0.05, 0) is 28.7 Å². The first-order chi connectivity index (χ1) is 16.0. The second kappa shape index (κ2) is 8.66. The van der Waals surface area contributed by atoms with Gasteiger partial charge < -0.3 is 4.57 Å². The standard InChI is InChI=1S/C30H35NO2Si/c1-22(32)26-27(31(28(26)33)34(5,6)29(2,3)4)30(23-16-10-7-11-17-23,24-18-12-8-13-19-24)25-20-14-9-15-21-25/h7-21,26-27H,1-6H3/t26-,27+/m0/s1. The molecular weight excluding hydrogens is 434 g/mol. The van der Waals surface area contributed by atoms with Crippen LogP contribution in [-0.4, -0.2) is 30.5 Å². The van der Waals surface area contributed by atoms with Gasteiger partial charge in [-0.15, -0.1) is 0 Å². The first-order valence-corrected chi connectivity index (χ1v) is 15.0. The van der Waals surface area contributed by atoms with Gasteiger partial charge in [-0.1, -0.05) is 125 Å². The third-order valence-electron chi connectivity index (χ3n) is 8.10. The molecule has 2 atom stereocenters. The molecule has 0 radical (unpaired) electrons. The van der Waals surface area contributed by atoms with E-state index in [0.717, 1.165) is 16.7 Å². The summed E-state index contributed by atoms with van der Waals surface area (Å²) in [5, 5.41) is -0.0571. The molecule has 1 aliphatic heterocycles. The van der Waals surface area contributed by atoms with Crippen molar-refractivity contribution in [2.45, 2.75) is 57.3 Å². The van der Waals surface area contributed by atoms with Crippen molar-refractivity contribution in [2.24, 2.45) is 5.92 Å². The molecule has 1 amide bonds. The van der Waals surface area contributed by atoms with Crippen LogP contribution < -0.4 is 0 Å². The maximum atomic E-state index is 13.8. The van der Waals surface area contributed by atoms with E-state index in [4.69, 9.17) is 0 Å². The molecule has 176 valence electrons. The zero-order valence-corrected chi connectivity index (χ0v) is 22.1. The molecular formula is C30H35NO2Si. The summed E-state index contributed by atoms with van der Waals surface area (Å²) in [4.78, 5) is 26.9. The highest BCUT2D eigenvalue weighted by Gasteiger charge is 2.66. The van der Waals surface area contributed by atoms with Gasteiger partial charge in [0.2, 0.25) is 5.91 Å². The third kappa shape index (κ3) is 3.56. The molecule has 0 aromatic heterocycles. The minimum absolute atomic E-state index is 0.0174. The molecule has 1 saturated heterocycles. The quantitative estimate of drug-likeness (QED) is 0.180. The fourth-order valence-corrected chi connectivity index (χ4v) is 7.88. The lowest BCUT2D eigenvalue weighted by Crippen LogP contribution is -2.78. The predicted molar refractivity (Wildman–Crippen MR) is 141 cm³/mol. The summed E-state index contributed by atoms with van der Waals surface area (Å²) in [6.07, 6.45) is 0. The van der Waals surface area contributed by atoms with E-state index >= 15 is 0 Å². The minimum atomic E-state index is -2.31. The van der Waals surface area contributed by atoms with Crippen molar-refractivity contribution in [3.8, 4) is 0 Å². The van der Waals surface area contributed by atoms with Crippen LogP contribution in [0.2, 0.25) is 18.1 Å². The molecule has 1 fully saturated rings. The minimum Gasteiger partial charge on any atom is -0.363 e. The largest absolute Gasteiger partial charge is 0.363 e. The van der Waals surface area contributed by atoms with Gasteiger partial charge in [-0.2, -0.15) is 0 Å². The average Bonchev–Trinajstić information content (AvgIpc) is 2.80. The van der Waals surface area contributed by atoms with Crippen molar-refractivity contribution in [1.82, 2.24) is 4.57 Å². The Morgan fingerprint density at radius 1 is 0.735 bits per heavy atom. The number of nitrogens with zero attached hydrogens (tertiary/aromatic N) is 1. The summed E-state index contributed by atoms with van der Waals surface area (Å²) in [6.45, 7) is 12.8. The molecule has 3 aromatic carbocycles. The van der Waals surface area contributed by atoms with Crippen LogP contribution in [0.4, 0.5) is 0 Å². The number of hydrogen-bond acceptors (Lipinski definition) is 2. The molecule has 0 spiro atoms. The Hall–Kier alpha value is -2.98. The fourth-order valence-electron chi connectivity index (χ4n) is 5.43. The number of amides is 1. The van der Waals surface area contributed by atoms with Crippen molar-refractivity contribution < 1.29 is 9.59 Å². The van der Waals surface area contributed by atoms with Gasteiger partial charge in [-0.3, -0.25) is 9.59 Å². The predicted octanol–water partition coefficient (Wildman–Crippen LogP) is 6.44. The van der Waals surface area contributed by atoms with Crippen LogP contribution in [0.25, 0.3) is 0 Å². The lowest BCUT2D eigenvalue weighted by atomic mass is 9.58. The summed E-state index contributed by atoms with van der Waals surface area (Å²) in [7, 11) is -2.31. The van der Waals surface area contributed by atoms with E-state index in [1.54, 1.807) is 6.92 Å². The number of carbonyl (C=O) groups excluding carboxylic acids is 2. The van der Waals surface area contributed by atoms with Gasteiger partial charge in [0.05, 0.1) is 11.5 Å². The highest BCUT2D eigenvalue weighted by atomic mass is 28.3. The van der Waals surface area contributed by atoms with Crippen molar-refractivity contribution in [2.75, 3.05) is 0 Å². The van der Waals surface area contributed by atoms with Crippen LogP contribution >= 0.6 is 0 Å². The highest BCUT2D eigenvalue weighted by Crippen LogP contribution is 2.55. The number of rotatable bonds is 6. The molecule has 0 aliphatic carbocycles. The number of β-lactam (4-membered cyclic amide) rings is 1. The topological polar surface area (TPSA) is 37.4 Å². The van der Waals surface area contributed by atoms with Gasteiger partial charge in [-0.25, -0.2) is 0 Å². The lowest BCUT2D eigenvalue weighted by molar-refractivity contribution is -0.156. The van der Waals surface area contributed by atoms with Crippen LogP contribution in [0, 0.1) is 5.92 Å². The van der Waals surface area contributed by atoms with Gasteiger partial charge in [0, 0.05) is 0 Å². The maximum Gasteiger partial charge on any atom is 0.227 e. The van der Waals surface area contributed by atoms with Gasteiger partial charge in [0.25, 0.3) is 0 Å². The number of benzene rings is 3. The monoisotopic (exact) mass is 469 g/mol. The maximum absolute atomic E-state index is 13.8. The molecule has 4 heteroatoms. The molecule has 3 aromatic rings. The normalized spacial score (nSPS) is 19.0. The summed E-state index contributed by atoms with van der Waals surface area (Å²) in [5.74, 6) is -0.747. The molecule has 1 aliphatic rings. The van der Waals surface area contributed by atoms with E-state index in [0.29, 0.717) is 0 Å². The molecule has 0 bridgehead atoms. The third-order valence-corrected chi connectivity index (χ3v) is 13.5. The zero-order chi connectivity index (χ0) is 24.7. The van der Waals surface area contributed by atoms with Crippen molar-refractivity contribution in [3.05, 3.63) is 108 Å². The Bertz CT molecular complexity index is 1070. The number of carbonyl (C=O) groups is 2. The molecule has 34 heavy (non-hydrogen) atoms. The lowest BCUT2D eigenvalue weighted by Gasteiger charge is -2.63. The van der Waals surface area contributed by atoms with Crippen LogP contribution in [0.1, 0.15) is 44.4 Å². The highest BCUT2D eigenvalue weighted by molar-refractivity contribution is 6.80. The first-order valence-electron chi connectivity index (χ1n) is 12.0. The van der Waals surface area contributed by atoms with Crippen molar-refractivity contribution >= 4 is 19.9 Å². The molecule has 4 rings (SSSR count).